The molecule has 5 heteroatoms. The molecule has 0 aliphatic heterocycles. The fraction of sp³-hybridized carbons (Fsp3) is 0.833. The first-order valence-corrected chi connectivity index (χ1v) is 6.05. The molecule has 0 aromatic heterocycles. The first kappa shape index (κ1) is 15.9. The standard InChI is InChI=1S/C12H24N2O3/c1-5-8(2)11(12(16)17-4)14-10(15)7-6-9(3)13/h8-9,11H,5-7,13H2,1-4H3,(H,14,15). The monoisotopic (exact) mass is 244 g/mol. The van der Waals surface area contributed by atoms with Crippen LogP contribution in [-0.4, -0.2) is 31.1 Å². The van der Waals surface area contributed by atoms with E-state index in [0.29, 0.717) is 12.8 Å². The first-order chi connectivity index (χ1) is 7.92. The highest BCUT2D eigenvalue weighted by molar-refractivity contribution is 5.84. The molecule has 0 radical (unpaired) electrons. The highest BCUT2D eigenvalue weighted by Crippen LogP contribution is 2.09. The van der Waals surface area contributed by atoms with Crippen molar-refractivity contribution in [2.75, 3.05) is 7.11 Å². The van der Waals surface area contributed by atoms with E-state index in [1.165, 1.54) is 7.11 Å². The summed E-state index contributed by atoms with van der Waals surface area (Å²) in [5, 5.41) is 2.70. The Bertz CT molecular complexity index is 254. The Hall–Kier alpha value is -1.10. The Kier molecular flexibility index (Phi) is 7.54. The third-order valence-electron chi connectivity index (χ3n) is 2.81. The minimum Gasteiger partial charge on any atom is -0.467 e. The fourth-order valence-corrected chi connectivity index (χ4v) is 1.40. The number of nitrogens with one attached hydrogen (secondary N) is 1. The van der Waals surface area contributed by atoms with E-state index in [2.05, 4.69) is 10.1 Å². The molecule has 0 spiro atoms. The lowest BCUT2D eigenvalue weighted by Crippen LogP contribution is -2.45. The molecule has 100 valence electrons. The Balaban J connectivity index is 4.33. The van der Waals surface area contributed by atoms with Crippen LogP contribution in [0.15, 0.2) is 0 Å². The van der Waals surface area contributed by atoms with E-state index in [9.17, 15) is 9.59 Å². The molecule has 0 saturated heterocycles. The van der Waals surface area contributed by atoms with Crippen LogP contribution in [-0.2, 0) is 14.3 Å². The maximum atomic E-state index is 11.6. The van der Waals surface area contributed by atoms with Crippen LogP contribution in [0.2, 0.25) is 0 Å². The molecular formula is C12H24N2O3. The molecule has 17 heavy (non-hydrogen) atoms. The van der Waals surface area contributed by atoms with E-state index in [0.717, 1.165) is 6.42 Å². The Morgan fingerprint density at radius 1 is 1.35 bits per heavy atom. The Morgan fingerprint density at radius 2 is 1.94 bits per heavy atom. The van der Waals surface area contributed by atoms with Gasteiger partial charge in [0.1, 0.15) is 6.04 Å². The van der Waals surface area contributed by atoms with Crippen LogP contribution >= 0.6 is 0 Å². The second-order valence-electron chi connectivity index (χ2n) is 4.47. The number of carbonyl (C=O) groups is 2. The molecule has 0 fully saturated rings. The molecule has 0 aromatic rings. The van der Waals surface area contributed by atoms with Crippen molar-refractivity contribution in [3.05, 3.63) is 0 Å². The summed E-state index contributed by atoms with van der Waals surface area (Å²) in [6.07, 6.45) is 1.75. The molecule has 3 atom stereocenters. The fourth-order valence-electron chi connectivity index (χ4n) is 1.40. The van der Waals surface area contributed by atoms with E-state index in [1.807, 2.05) is 20.8 Å². The number of carbonyl (C=O) groups excluding carboxylic acids is 2. The summed E-state index contributed by atoms with van der Waals surface area (Å²) >= 11 is 0. The van der Waals surface area contributed by atoms with Crippen molar-refractivity contribution in [2.24, 2.45) is 11.7 Å². The van der Waals surface area contributed by atoms with E-state index in [1.54, 1.807) is 0 Å². The van der Waals surface area contributed by atoms with Gasteiger partial charge in [0.2, 0.25) is 5.91 Å². The van der Waals surface area contributed by atoms with E-state index in [4.69, 9.17) is 5.73 Å². The summed E-state index contributed by atoms with van der Waals surface area (Å²) in [6, 6.07) is -0.577. The predicted octanol–water partition coefficient (Wildman–Crippen LogP) is 0.818. The van der Waals surface area contributed by atoms with Crippen molar-refractivity contribution in [1.29, 1.82) is 0 Å². The molecule has 0 saturated carbocycles. The number of nitrogens with two attached hydrogens (primary N) is 1. The van der Waals surface area contributed by atoms with Crippen LogP contribution in [0.4, 0.5) is 0 Å². The molecular weight excluding hydrogens is 220 g/mol. The van der Waals surface area contributed by atoms with Crippen molar-refractivity contribution >= 4 is 11.9 Å². The lowest BCUT2D eigenvalue weighted by Gasteiger charge is -2.22. The summed E-state index contributed by atoms with van der Waals surface area (Å²) in [4.78, 5) is 23.1. The third kappa shape index (κ3) is 6.26. The van der Waals surface area contributed by atoms with Gasteiger partial charge >= 0.3 is 5.97 Å². The average Bonchev–Trinajstić information content (AvgIpc) is 2.31. The minimum absolute atomic E-state index is 0.0130. The number of hydrogen-bond acceptors (Lipinski definition) is 4. The van der Waals surface area contributed by atoms with Gasteiger partial charge < -0.3 is 15.8 Å². The number of amides is 1. The zero-order chi connectivity index (χ0) is 13.4. The van der Waals surface area contributed by atoms with Gasteiger partial charge in [0.05, 0.1) is 7.11 Å². The van der Waals surface area contributed by atoms with Crippen molar-refractivity contribution < 1.29 is 14.3 Å². The number of ether oxygens (including phenoxy) is 1. The largest absolute Gasteiger partial charge is 0.467 e. The normalized spacial score (nSPS) is 15.8. The maximum absolute atomic E-state index is 11.6. The lowest BCUT2D eigenvalue weighted by atomic mass is 9.99. The smallest absolute Gasteiger partial charge is 0.328 e. The molecule has 0 aliphatic carbocycles. The van der Waals surface area contributed by atoms with Gasteiger partial charge in [0, 0.05) is 12.5 Å². The van der Waals surface area contributed by atoms with Crippen LogP contribution in [0, 0.1) is 5.92 Å². The predicted molar refractivity (Wildman–Crippen MR) is 66.3 cm³/mol. The molecule has 3 N–H and O–H groups in total. The van der Waals surface area contributed by atoms with Crippen molar-refractivity contribution in [3.8, 4) is 0 Å². The molecule has 0 aliphatic rings. The van der Waals surface area contributed by atoms with Crippen LogP contribution < -0.4 is 11.1 Å². The Labute approximate surface area is 103 Å². The van der Waals surface area contributed by atoms with Crippen LogP contribution in [0.5, 0.6) is 0 Å². The van der Waals surface area contributed by atoms with Crippen molar-refractivity contribution in [1.82, 2.24) is 5.32 Å². The summed E-state index contributed by atoms with van der Waals surface area (Å²) in [5.74, 6) is -0.492. The van der Waals surface area contributed by atoms with Crippen LogP contribution in [0.25, 0.3) is 0 Å². The Morgan fingerprint density at radius 3 is 2.35 bits per heavy atom. The van der Waals surface area contributed by atoms with Crippen molar-refractivity contribution in [2.45, 2.75) is 52.1 Å². The van der Waals surface area contributed by atoms with Gasteiger partial charge in [-0.2, -0.15) is 0 Å². The minimum atomic E-state index is -0.564. The summed E-state index contributed by atoms with van der Waals surface area (Å²) < 4.78 is 4.68. The number of esters is 1. The first-order valence-electron chi connectivity index (χ1n) is 6.05. The van der Waals surface area contributed by atoms with Crippen LogP contribution in [0.1, 0.15) is 40.0 Å². The number of rotatable bonds is 7. The SMILES string of the molecule is CCC(C)C(NC(=O)CCC(C)N)C(=O)OC. The van der Waals surface area contributed by atoms with Crippen LogP contribution in [0.3, 0.4) is 0 Å². The van der Waals surface area contributed by atoms with Gasteiger partial charge in [0.25, 0.3) is 0 Å². The van der Waals surface area contributed by atoms with Gasteiger partial charge in [0.15, 0.2) is 0 Å². The van der Waals surface area contributed by atoms with E-state index in [-0.39, 0.29) is 17.9 Å². The van der Waals surface area contributed by atoms with Gasteiger partial charge in [-0.1, -0.05) is 20.3 Å². The molecule has 0 aromatic carbocycles. The van der Waals surface area contributed by atoms with Gasteiger partial charge in [-0.05, 0) is 19.3 Å². The highest BCUT2D eigenvalue weighted by atomic mass is 16.5. The molecule has 0 bridgehead atoms. The third-order valence-corrected chi connectivity index (χ3v) is 2.81. The molecule has 0 rings (SSSR count). The molecule has 3 unspecified atom stereocenters. The summed E-state index contributed by atoms with van der Waals surface area (Å²) in [6.45, 7) is 5.72. The highest BCUT2D eigenvalue weighted by Gasteiger charge is 2.26. The van der Waals surface area contributed by atoms with Gasteiger partial charge in [-0.15, -0.1) is 0 Å². The quantitative estimate of drug-likeness (QED) is 0.650. The van der Waals surface area contributed by atoms with Gasteiger partial charge in [-0.25, -0.2) is 4.79 Å². The van der Waals surface area contributed by atoms with Crippen molar-refractivity contribution in [3.63, 3.8) is 0 Å². The molecule has 0 heterocycles. The van der Waals surface area contributed by atoms with E-state index >= 15 is 0 Å². The second kappa shape index (κ2) is 8.06. The molecule has 1 amide bonds. The summed E-state index contributed by atoms with van der Waals surface area (Å²) in [5.41, 5.74) is 5.57. The summed E-state index contributed by atoms with van der Waals surface area (Å²) in [7, 11) is 1.33. The zero-order valence-corrected chi connectivity index (χ0v) is 11.2. The second-order valence-corrected chi connectivity index (χ2v) is 4.47. The van der Waals surface area contributed by atoms with E-state index < -0.39 is 12.0 Å². The number of hydrogen-bond donors (Lipinski definition) is 2. The van der Waals surface area contributed by atoms with Gasteiger partial charge in [-0.3, -0.25) is 4.79 Å². The molecule has 5 nitrogen and oxygen atoms in total. The topological polar surface area (TPSA) is 81.4 Å². The maximum Gasteiger partial charge on any atom is 0.328 e. The lowest BCUT2D eigenvalue weighted by molar-refractivity contribution is -0.146. The zero-order valence-electron chi connectivity index (χ0n) is 11.2. The number of methoxy groups -OCH3 is 1. The average molecular weight is 244 g/mol.